The Balaban J connectivity index is 1.34. The fourth-order valence-electron chi connectivity index (χ4n) is 4.98. The maximum Gasteiger partial charge on any atom is 0.303 e. The number of carboxylic acids is 1. The van der Waals surface area contributed by atoms with Gasteiger partial charge in [0.15, 0.2) is 0 Å². The molecule has 0 radical (unpaired) electrons. The van der Waals surface area contributed by atoms with Gasteiger partial charge in [0.1, 0.15) is 5.82 Å². The van der Waals surface area contributed by atoms with Crippen molar-refractivity contribution in [3.8, 4) is 0 Å². The van der Waals surface area contributed by atoms with E-state index in [4.69, 9.17) is 24.7 Å². The van der Waals surface area contributed by atoms with Crippen molar-refractivity contribution in [3.63, 3.8) is 0 Å². The standard InChI is InChI=1S/C30H44N6O6/c31-35-33-14-16-40-18-20-42-21-19-41-17-15-36-23-26(10-12-28(36)37)25(22-29(38)39)6-3-1-2-4-8-27-11-9-24-7-5-13-32-30(24)34-27/h9-12,23,25H,1-8,13-22H2,(H,32,34)(H,38,39)/t25-/m1/s1. The molecule has 1 atom stereocenters. The SMILES string of the molecule is [N-]=[N+]=NCCOCCOCCOCCn1cc([C@H](CCCCCCc2ccc3c(n2)NCCC3)CC(=O)O)ccc1=O. The molecule has 12 nitrogen and oxygen atoms in total. The summed E-state index contributed by atoms with van der Waals surface area (Å²) in [5.41, 5.74) is 11.3. The fourth-order valence-corrected chi connectivity index (χ4v) is 4.98. The summed E-state index contributed by atoms with van der Waals surface area (Å²) in [7, 11) is 0. The average Bonchev–Trinajstić information content (AvgIpc) is 2.99. The number of aryl methyl sites for hydroxylation is 2. The number of unbranched alkanes of at least 4 members (excludes halogenated alkanes) is 3. The molecule has 230 valence electrons. The monoisotopic (exact) mass is 584 g/mol. The predicted octanol–water partition coefficient (Wildman–Crippen LogP) is 4.71. The van der Waals surface area contributed by atoms with Gasteiger partial charge in [0.2, 0.25) is 0 Å². The van der Waals surface area contributed by atoms with Crippen molar-refractivity contribution in [1.82, 2.24) is 9.55 Å². The molecule has 0 saturated carbocycles. The first-order valence-electron chi connectivity index (χ1n) is 15.0. The zero-order valence-corrected chi connectivity index (χ0v) is 24.4. The summed E-state index contributed by atoms with van der Waals surface area (Å²) in [6, 6.07) is 7.59. The van der Waals surface area contributed by atoms with Crippen LogP contribution in [0, 0.1) is 0 Å². The number of hydrogen-bond donors (Lipinski definition) is 2. The van der Waals surface area contributed by atoms with E-state index in [0.717, 1.165) is 75.0 Å². The Labute approximate surface area is 247 Å². The van der Waals surface area contributed by atoms with Gasteiger partial charge in [-0.15, -0.1) is 0 Å². The highest BCUT2D eigenvalue weighted by Gasteiger charge is 2.17. The van der Waals surface area contributed by atoms with Crippen LogP contribution in [0.15, 0.2) is 40.4 Å². The maximum absolute atomic E-state index is 12.4. The minimum absolute atomic E-state index is 0.0351. The highest BCUT2D eigenvalue weighted by molar-refractivity contribution is 5.68. The third kappa shape index (κ3) is 12.6. The van der Waals surface area contributed by atoms with Crippen LogP contribution in [0.3, 0.4) is 0 Å². The first-order chi connectivity index (χ1) is 20.6. The van der Waals surface area contributed by atoms with Gasteiger partial charge in [0.05, 0.1) is 46.1 Å². The molecule has 3 rings (SSSR count). The van der Waals surface area contributed by atoms with E-state index in [2.05, 4.69) is 27.5 Å². The largest absolute Gasteiger partial charge is 0.481 e. The topological polar surface area (TPSA) is 161 Å². The van der Waals surface area contributed by atoms with Crippen LogP contribution in [-0.4, -0.2) is 73.4 Å². The minimum atomic E-state index is -0.839. The number of aliphatic carboxylic acids is 1. The second kappa shape index (κ2) is 19.6. The number of carbonyl (C=O) groups is 1. The van der Waals surface area contributed by atoms with Gasteiger partial charge in [-0.05, 0) is 60.7 Å². The number of hydrogen-bond acceptors (Lipinski definition) is 8. The molecule has 12 heteroatoms. The second-order valence-electron chi connectivity index (χ2n) is 10.4. The van der Waals surface area contributed by atoms with Crippen LogP contribution >= 0.6 is 0 Å². The molecule has 3 heterocycles. The Kier molecular flexibility index (Phi) is 15.5. The van der Waals surface area contributed by atoms with Crippen LogP contribution in [0.25, 0.3) is 10.4 Å². The summed E-state index contributed by atoms with van der Waals surface area (Å²) >= 11 is 0. The van der Waals surface area contributed by atoms with Gasteiger partial charge in [0, 0.05) is 42.5 Å². The number of ether oxygens (including phenoxy) is 3. The fraction of sp³-hybridized carbons (Fsp3) is 0.633. The van der Waals surface area contributed by atoms with Gasteiger partial charge in [-0.2, -0.15) is 0 Å². The molecule has 42 heavy (non-hydrogen) atoms. The smallest absolute Gasteiger partial charge is 0.303 e. The van der Waals surface area contributed by atoms with Crippen LogP contribution < -0.4 is 10.9 Å². The van der Waals surface area contributed by atoms with Crippen molar-refractivity contribution in [2.45, 2.75) is 70.3 Å². The van der Waals surface area contributed by atoms with Crippen molar-refractivity contribution in [2.75, 3.05) is 58.0 Å². The van der Waals surface area contributed by atoms with Gasteiger partial charge < -0.3 is 29.2 Å². The number of pyridine rings is 2. The molecule has 2 N–H and O–H groups in total. The average molecular weight is 585 g/mol. The van der Waals surface area contributed by atoms with Gasteiger partial charge in [0.25, 0.3) is 5.56 Å². The maximum atomic E-state index is 12.4. The predicted molar refractivity (Wildman–Crippen MR) is 160 cm³/mol. The van der Waals surface area contributed by atoms with E-state index in [9.17, 15) is 14.7 Å². The lowest BCUT2D eigenvalue weighted by Gasteiger charge is -2.18. The van der Waals surface area contributed by atoms with Crippen molar-refractivity contribution < 1.29 is 24.1 Å². The molecule has 1 aliphatic rings. The Bertz CT molecular complexity index is 1200. The number of fused-ring (bicyclic) bond motifs is 1. The van der Waals surface area contributed by atoms with Crippen LogP contribution in [0.4, 0.5) is 5.82 Å². The van der Waals surface area contributed by atoms with Gasteiger partial charge in [-0.3, -0.25) is 9.59 Å². The van der Waals surface area contributed by atoms with E-state index in [-0.39, 0.29) is 17.9 Å². The van der Waals surface area contributed by atoms with E-state index in [0.29, 0.717) is 52.7 Å². The third-order valence-electron chi connectivity index (χ3n) is 7.21. The Morgan fingerprint density at radius 2 is 1.81 bits per heavy atom. The molecule has 0 amide bonds. The van der Waals surface area contributed by atoms with Gasteiger partial charge in [-0.1, -0.05) is 36.5 Å². The van der Waals surface area contributed by atoms with Gasteiger partial charge in [-0.25, -0.2) is 4.98 Å². The number of aromatic nitrogens is 2. The van der Waals surface area contributed by atoms with Gasteiger partial charge >= 0.3 is 5.97 Å². The van der Waals surface area contributed by atoms with Crippen LogP contribution in [-0.2, 0) is 38.4 Å². The zero-order chi connectivity index (χ0) is 29.8. The summed E-state index contributed by atoms with van der Waals surface area (Å²) in [5.74, 6) is 0.0517. The number of carboxylic acid groups (broad SMARTS) is 1. The highest BCUT2D eigenvalue weighted by atomic mass is 16.5. The lowest BCUT2D eigenvalue weighted by molar-refractivity contribution is -0.137. The van der Waals surface area contributed by atoms with Crippen molar-refractivity contribution >= 4 is 11.8 Å². The lowest BCUT2D eigenvalue weighted by Crippen LogP contribution is -2.23. The molecular weight excluding hydrogens is 540 g/mol. The quantitative estimate of drug-likeness (QED) is 0.0870. The van der Waals surface area contributed by atoms with E-state index < -0.39 is 5.97 Å². The molecule has 0 unspecified atom stereocenters. The van der Waals surface area contributed by atoms with Crippen molar-refractivity contribution in [1.29, 1.82) is 0 Å². The Morgan fingerprint density at radius 1 is 1.05 bits per heavy atom. The third-order valence-corrected chi connectivity index (χ3v) is 7.21. The highest BCUT2D eigenvalue weighted by Crippen LogP contribution is 2.26. The number of rotatable bonds is 22. The van der Waals surface area contributed by atoms with Crippen LogP contribution in [0.5, 0.6) is 0 Å². The minimum Gasteiger partial charge on any atom is -0.481 e. The molecule has 0 saturated heterocycles. The number of anilines is 1. The molecule has 0 spiro atoms. The molecule has 0 fully saturated rings. The summed E-state index contributed by atoms with van der Waals surface area (Å²) < 4.78 is 17.9. The molecule has 0 bridgehead atoms. The summed E-state index contributed by atoms with van der Waals surface area (Å²) in [5, 5.41) is 16.3. The Hall–Kier alpha value is -3.44. The second-order valence-corrected chi connectivity index (χ2v) is 10.4. The lowest BCUT2D eigenvalue weighted by atomic mass is 9.91. The number of nitrogens with one attached hydrogen (secondary N) is 1. The Morgan fingerprint density at radius 3 is 2.60 bits per heavy atom. The molecular formula is C30H44N6O6. The zero-order valence-electron chi connectivity index (χ0n) is 24.4. The summed E-state index contributed by atoms with van der Waals surface area (Å²) in [6.45, 7) is 3.96. The molecule has 0 aliphatic carbocycles. The summed E-state index contributed by atoms with van der Waals surface area (Å²) in [6.07, 6.45) is 9.84. The number of azide groups is 1. The molecule has 2 aromatic heterocycles. The van der Waals surface area contributed by atoms with Crippen molar-refractivity contribution in [2.24, 2.45) is 5.11 Å². The van der Waals surface area contributed by atoms with Crippen LogP contribution in [0.1, 0.15) is 67.7 Å². The van der Waals surface area contributed by atoms with Crippen molar-refractivity contribution in [3.05, 3.63) is 68.1 Å². The summed E-state index contributed by atoms with van der Waals surface area (Å²) in [4.78, 5) is 31.4. The van der Waals surface area contributed by atoms with E-state index in [1.807, 2.05) is 0 Å². The molecule has 0 aromatic carbocycles. The van der Waals surface area contributed by atoms with Crippen LogP contribution in [0.2, 0.25) is 0 Å². The van der Waals surface area contributed by atoms with E-state index in [1.165, 1.54) is 11.6 Å². The molecule has 2 aromatic rings. The first kappa shape index (κ1) is 33.1. The van der Waals surface area contributed by atoms with E-state index >= 15 is 0 Å². The normalized spacial score (nSPS) is 13.1. The van der Waals surface area contributed by atoms with E-state index in [1.54, 1.807) is 16.8 Å². The number of nitrogens with zero attached hydrogens (tertiary/aromatic N) is 5. The molecule has 1 aliphatic heterocycles. The first-order valence-corrected chi connectivity index (χ1v) is 15.0.